The van der Waals surface area contributed by atoms with Crippen molar-refractivity contribution >= 4 is 17.5 Å². The van der Waals surface area contributed by atoms with E-state index in [-0.39, 0.29) is 36.4 Å². The van der Waals surface area contributed by atoms with E-state index in [1.54, 1.807) is 13.8 Å². The molecule has 1 saturated carbocycles. The fourth-order valence-corrected chi connectivity index (χ4v) is 4.46. The highest BCUT2D eigenvalue weighted by atomic mass is 16.3. The summed E-state index contributed by atoms with van der Waals surface area (Å²) in [4.78, 5) is 38.1. The SMILES string of the molecule is CC(C)C[C@H]1CCCC(C(=O)C[C@H](C(=O)N[C@@H](CCN)C(=O)C(C)C)[C@H](C)O)C1. The van der Waals surface area contributed by atoms with Crippen LogP contribution in [0.2, 0.25) is 0 Å². The number of hydrogen-bond donors (Lipinski definition) is 3. The zero-order chi connectivity index (χ0) is 22.1. The molecule has 1 amide bonds. The van der Waals surface area contributed by atoms with Crippen molar-refractivity contribution in [2.45, 2.75) is 91.7 Å². The molecule has 0 aromatic rings. The van der Waals surface area contributed by atoms with Crippen molar-refractivity contribution in [1.29, 1.82) is 0 Å². The number of carbonyl (C=O) groups is 3. The van der Waals surface area contributed by atoms with Crippen LogP contribution >= 0.6 is 0 Å². The molecule has 1 rings (SSSR count). The predicted molar refractivity (Wildman–Crippen MR) is 115 cm³/mol. The van der Waals surface area contributed by atoms with Crippen LogP contribution in [0.4, 0.5) is 0 Å². The number of carbonyl (C=O) groups excluding carboxylic acids is 3. The highest BCUT2D eigenvalue weighted by Crippen LogP contribution is 2.34. The Morgan fingerprint density at radius 1 is 1.10 bits per heavy atom. The van der Waals surface area contributed by atoms with Gasteiger partial charge in [-0.25, -0.2) is 0 Å². The smallest absolute Gasteiger partial charge is 0.226 e. The van der Waals surface area contributed by atoms with Gasteiger partial charge in [-0.05, 0) is 51.0 Å². The lowest BCUT2D eigenvalue weighted by atomic mass is 9.74. The molecule has 5 atom stereocenters. The fraction of sp³-hybridized carbons (Fsp3) is 0.870. The molecule has 0 spiro atoms. The monoisotopic (exact) mass is 410 g/mol. The van der Waals surface area contributed by atoms with Crippen molar-refractivity contribution in [2.24, 2.45) is 35.3 Å². The Balaban J connectivity index is 2.76. The number of nitrogens with one attached hydrogen (secondary N) is 1. The van der Waals surface area contributed by atoms with Crippen molar-refractivity contribution < 1.29 is 19.5 Å². The molecule has 0 saturated heterocycles. The number of aliphatic hydroxyl groups excluding tert-OH is 1. The molecule has 0 aliphatic heterocycles. The van der Waals surface area contributed by atoms with Gasteiger partial charge in [0.25, 0.3) is 0 Å². The summed E-state index contributed by atoms with van der Waals surface area (Å²) in [6, 6.07) is -0.672. The lowest BCUT2D eigenvalue weighted by Gasteiger charge is -2.31. The van der Waals surface area contributed by atoms with Gasteiger partial charge >= 0.3 is 0 Å². The van der Waals surface area contributed by atoms with Crippen LogP contribution in [-0.4, -0.2) is 41.3 Å². The van der Waals surface area contributed by atoms with Crippen molar-refractivity contribution in [3.05, 3.63) is 0 Å². The first-order chi connectivity index (χ1) is 13.6. The highest BCUT2D eigenvalue weighted by molar-refractivity contribution is 5.93. The van der Waals surface area contributed by atoms with Crippen molar-refractivity contribution in [3.63, 3.8) is 0 Å². The lowest BCUT2D eigenvalue weighted by Crippen LogP contribution is -2.48. The van der Waals surface area contributed by atoms with Crippen LogP contribution in [0.1, 0.15) is 79.6 Å². The summed E-state index contributed by atoms with van der Waals surface area (Å²) in [6.45, 7) is 9.78. The van der Waals surface area contributed by atoms with Gasteiger partial charge in [-0.2, -0.15) is 0 Å². The van der Waals surface area contributed by atoms with E-state index < -0.39 is 24.0 Å². The Morgan fingerprint density at radius 2 is 1.76 bits per heavy atom. The molecule has 0 radical (unpaired) electrons. The van der Waals surface area contributed by atoms with Crippen molar-refractivity contribution in [2.75, 3.05) is 6.54 Å². The van der Waals surface area contributed by atoms with Gasteiger partial charge in [0.15, 0.2) is 5.78 Å². The van der Waals surface area contributed by atoms with Crippen molar-refractivity contribution in [1.82, 2.24) is 5.32 Å². The van der Waals surface area contributed by atoms with E-state index in [1.165, 1.54) is 13.3 Å². The predicted octanol–water partition coefficient (Wildman–Crippen LogP) is 2.85. The number of Topliss-reactive ketones (excluding diaryl/α,β-unsaturated/α-hetero) is 2. The van der Waals surface area contributed by atoms with Crippen LogP contribution in [-0.2, 0) is 14.4 Å². The second-order valence-corrected chi connectivity index (χ2v) is 9.57. The summed E-state index contributed by atoms with van der Waals surface area (Å²) in [5.74, 6) is -0.369. The summed E-state index contributed by atoms with van der Waals surface area (Å²) in [6.07, 6.45) is 4.50. The van der Waals surface area contributed by atoms with Gasteiger partial charge < -0.3 is 16.2 Å². The van der Waals surface area contributed by atoms with Gasteiger partial charge in [-0.1, -0.05) is 40.5 Å². The number of amides is 1. The van der Waals surface area contributed by atoms with E-state index in [9.17, 15) is 19.5 Å². The van der Waals surface area contributed by atoms with Crippen LogP contribution in [0, 0.1) is 29.6 Å². The van der Waals surface area contributed by atoms with Gasteiger partial charge in [-0.15, -0.1) is 0 Å². The van der Waals surface area contributed by atoms with E-state index >= 15 is 0 Å². The first kappa shape index (κ1) is 25.8. The number of hydrogen-bond acceptors (Lipinski definition) is 5. The van der Waals surface area contributed by atoms with E-state index in [1.807, 2.05) is 0 Å². The molecule has 1 aliphatic rings. The third-order valence-corrected chi connectivity index (χ3v) is 6.07. The summed E-state index contributed by atoms with van der Waals surface area (Å²) in [5, 5.41) is 12.9. The number of aliphatic hydroxyl groups is 1. The number of nitrogens with two attached hydrogens (primary N) is 1. The first-order valence-electron chi connectivity index (χ1n) is 11.3. The molecule has 0 aromatic heterocycles. The second-order valence-electron chi connectivity index (χ2n) is 9.57. The number of ketones is 2. The van der Waals surface area contributed by atoms with E-state index in [2.05, 4.69) is 19.2 Å². The minimum Gasteiger partial charge on any atom is -0.393 e. The van der Waals surface area contributed by atoms with Gasteiger partial charge in [0.05, 0.1) is 18.1 Å². The Labute approximate surface area is 176 Å². The maximum atomic E-state index is 12.9. The third-order valence-electron chi connectivity index (χ3n) is 6.07. The van der Waals surface area contributed by atoms with Crippen LogP contribution in [0.25, 0.3) is 0 Å². The summed E-state index contributed by atoms with van der Waals surface area (Å²) >= 11 is 0. The molecule has 1 fully saturated rings. The van der Waals surface area contributed by atoms with E-state index in [0.717, 1.165) is 25.7 Å². The molecular formula is C23H42N2O4. The summed E-state index contributed by atoms with van der Waals surface area (Å²) in [5.41, 5.74) is 5.60. The third kappa shape index (κ3) is 8.55. The average molecular weight is 411 g/mol. The summed E-state index contributed by atoms with van der Waals surface area (Å²) in [7, 11) is 0. The van der Waals surface area contributed by atoms with Gasteiger partial charge in [0.1, 0.15) is 5.78 Å². The molecule has 1 unspecified atom stereocenters. The molecule has 6 nitrogen and oxygen atoms in total. The minimum atomic E-state index is -0.957. The van der Waals surface area contributed by atoms with Gasteiger partial charge in [0, 0.05) is 18.3 Å². The summed E-state index contributed by atoms with van der Waals surface area (Å²) < 4.78 is 0. The molecule has 0 bridgehead atoms. The van der Waals surface area contributed by atoms with Crippen molar-refractivity contribution in [3.8, 4) is 0 Å². The Kier molecular flexibility index (Phi) is 11.0. The average Bonchev–Trinajstić information content (AvgIpc) is 2.64. The Hall–Kier alpha value is -1.27. The molecule has 0 heterocycles. The molecule has 4 N–H and O–H groups in total. The van der Waals surface area contributed by atoms with Gasteiger partial charge in [-0.3, -0.25) is 14.4 Å². The van der Waals surface area contributed by atoms with Crippen LogP contribution in [0.15, 0.2) is 0 Å². The Morgan fingerprint density at radius 3 is 2.28 bits per heavy atom. The Bertz CT molecular complexity index is 545. The molecule has 1 aliphatic carbocycles. The fourth-order valence-electron chi connectivity index (χ4n) is 4.46. The first-order valence-corrected chi connectivity index (χ1v) is 11.3. The van der Waals surface area contributed by atoms with Crippen LogP contribution in [0.5, 0.6) is 0 Å². The standard InChI is InChI=1S/C23H42N2O4/c1-14(2)11-17-7-6-8-18(12-17)21(27)13-19(16(5)26)23(29)25-20(9-10-24)22(28)15(3)4/h14-20,26H,6-13,24H2,1-5H3,(H,25,29)/t16-,17+,18?,19-,20-/m0/s1. The maximum absolute atomic E-state index is 12.9. The topological polar surface area (TPSA) is 109 Å². The molecule has 6 heteroatoms. The maximum Gasteiger partial charge on any atom is 0.226 e. The van der Waals surface area contributed by atoms with Crippen LogP contribution < -0.4 is 11.1 Å². The van der Waals surface area contributed by atoms with Crippen LogP contribution in [0.3, 0.4) is 0 Å². The zero-order valence-electron chi connectivity index (χ0n) is 18.9. The molecular weight excluding hydrogens is 368 g/mol. The normalized spacial score (nSPS) is 22.9. The van der Waals surface area contributed by atoms with Gasteiger partial charge in [0.2, 0.25) is 5.91 Å². The number of rotatable bonds is 12. The molecule has 0 aromatic carbocycles. The quantitative estimate of drug-likeness (QED) is 0.458. The largest absolute Gasteiger partial charge is 0.393 e. The second kappa shape index (κ2) is 12.4. The lowest BCUT2D eigenvalue weighted by molar-refractivity contribution is -0.137. The van der Waals surface area contributed by atoms with E-state index in [4.69, 9.17) is 5.73 Å². The highest BCUT2D eigenvalue weighted by Gasteiger charge is 2.34. The zero-order valence-corrected chi connectivity index (χ0v) is 18.9. The molecule has 29 heavy (non-hydrogen) atoms. The molecule has 168 valence electrons. The minimum absolute atomic E-state index is 0.0216. The van der Waals surface area contributed by atoms with E-state index in [0.29, 0.717) is 18.3 Å².